The zero-order valence-electron chi connectivity index (χ0n) is 17.9. The van der Waals surface area contributed by atoms with Crippen molar-refractivity contribution in [2.24, 2.45) is 0 Å². The fraction of sp³-hybridized carbons (Fsp3) is 0.125. The third kappa shape index (κ3) is 4.40. The van der Waals surface area contributed by atoms with Crippen LogP contribution in [0.4, 0.5) is 5.69 Å². The molecular weight excluding hydrogens is 490 g/mol. The van der Waals surface area contributed by atoms with Crippen LogP contribution in [0.1, 0.15) is 0 Å². The minimum atomic E-state index is -0.608. The molecule has 168 valence electrons. The van der Waals surface area contributed by atoms with Crippen LogP contribution in [-0.4, -0.2) is 29.3 Å². The first-order valence-electron chi connectivity index (χ1n) is 9.95. The molecule has 0 aliphatic rings. The summed E-state index contributed by atoms with van der Waals surface area (Å²) in [5.41, 5.74) is 0.197. The van der Waals surface area contributed by atoms with E-state index in [0.717, 1.165) is 4.57 Å². The number of aromatic nitrogens is 2. The molecule has 1 N–H and O–H groups in total. The Hall–Kier alpha value is -3.85. The number of halogens is 1. The van der Waals surface area contributed by atoms with Gasteiger partial charge in [-0.1, -0.05) is 34.1 Å². The van der Waals surface area contributed by atoms with Crippen molar-refractivity contribution in [1.82, 2.24) is 9.13 Å². The Bertz CT molecular complexity index is 1460. The molecule has 1 aromatic heterocycles. The van der Waals surface area contributed by atoms with Gasteiger partial charge in [0.05, 0.1) is 30.8 Å². The Morgan fingerprint density at radius 2 is 1.67 bits per heavy atom. The van der Waals surface area contributed by atoms with Crippen molar-refractivity contribution in [2.75, 3.05) is 19.5 Å². The second-order valence-electron chi connectivity index (χ2n) is 7.12. The molecule has 0 radical (unpaired) electrons. The molecule has 0 fully saturated rings. The number of ether oxygens (including phenoxy) is 2. The predicted octanol–water partition coefficient (Wildman–Crippen LogP) is 3.57. The van der Waals surface area contributed by atoms with Crippen LogP contribution in [0.5, 0.6) is 11.5 Å². The zero-order chi connectivity index (χ0) is 23.5. The topological polar surface area (TPSA) is 91.6 Å². The van der Waals surface area contributed by atoms with Gasteiger partial charge in [-0.2, -0.15) is 0 Å². The van der Waals surface area contributed by atoms with Gasteiger partial charge in [-0.15, -0.1) is 0 Å². The summed E-state index contributed by atoms with van der Waals surface area (Å²) >= 11 is 3.37. The van der Waals surface area contributed by atoms with Crippen molar-refractivity contribution in [3.05, 3.63) is 92.0 Å². The van der Waals surface area contributed by atoms with Gasteiger partial charge >= 0.3 is 5.69 Å². The predicted molar refractivity (Wildman–Crippen MR) is 130 cm³/mol. The number of amides is 1. The number of anilines is 1. The van der Waals surface area contributed by atoms with E-state index in [1.807, 2.05) is 0 Å². The van der Waals surface area contributed by atoms with E-state index in [-0.39, 0.29) is 6.54 Å². The summed E-state index contributed by atoms with van der Waals surface area (Å²) in [6.45, 7) is -0.293. The first-order valence-corrected chi connectivity index (χ1v) is 10.7. The van der Waals surface area contributed by atoms with Gasteiger partial charge in [-0.25, -0.2) is 9.36 Å². The highest BCUT2D eigenvalue weighted by Crippen LogP contribution is 2.29. The summed E-state index contributed by atoms with van der Waals surface area (Å²) in [5.74, 6) is 0.547. The number of nitrogens with one attached hydrogen (secondary N) is 1. The monoisotopic (exact) mass is 509 g/mol. The maximum absolute atomic E-state index is 13.4. The number of carbonyl (C=O) groups excluding carboxylic acids is 1. The third-order valence-corrected chi connectivity index (χ3v) is 5.58. The Morgan fingerprint density at radius 1 is 0.939 bits per heavy atom. The van der Waals surface area contributed by atoms with E-state index < -0.39 is 17.2 Å². The highest BCUT2D eigenvalue weighted by atomic mass is 79.9. The highest BCUT2D eigenvalue weighted by molar-refractivity contribution is 9.10. The summed E-state index contributed by atoms with van der Waals surface area (Å²) in [4.78, 5) is 39.4. The van der Waals surface area contributed by atoms with Crippen molar-refractivity contribution in [3.8, 4) is 17.2 Å². The number of para-hydroxylation sites is 1. The number of hydrogen-bond donors (Lipinski definition) is 1. The average Bonchev–Trinajstić information content (AvgIpc) is 2.82. The molecule has 1 heterocycles. The van der Waals surface area contributed by atoms with Crippen LogP contribution >= 0.6 is 15.9 Å². The summed E-state index contributed by atoms with van der Waals surface area (Å²) in [5, 5.41) is 3.07. The number of rotatable bonds is 6. The molecule has 8 nitrogen and oxygen atoms in total. The Kier molecular flexibility index (Phi) is 6.32. The summed E-state index contributed by atoms with van der Waals surface area (Å²) in [7, 11) is 3.02. The fourth-order valence-corrected chi connectivity index (χ4v) is 3.92. The molecule has 0 atom stereocenters. The number of nitrogens with zero attached hydrogens (tertiary/aromatic N) is 2. The summed E-state index contributed by atoms with van der Waals surface area (Å²) in [6.07, 6.45) is 0. The molecule has 9 heteroatoms. The van der Waals surface area contributed by atoms with E-state index in [0.29, 0.717) is 38.2 Å². The van der Waals surface area contributed by atoms with E-state index >= 15 is 0 Å². The van der Waals surface area contributed by atoms with Gasteiger partial charge in [0.15, 0.2) is 11.5 Å². The Morgan fingerprint density at radius 3 is 2.36 bits per heavy atom. The van der Waals surface area contributed by atoms with E-state index in [4.69, 9.17) is 9.47 Å². The summed E-state index contributed by atoms with van der Waals surface area (Å²) < 4.78 is 13.5. The van der Waals surface area contributed by atoms with Crippen molar-refractivity contribution in [3.63, 3.8) is 0 Å². The summed E-state index contributed by atoms with van der Waals surface area (Å²) in [6, 6.07) is 18.6. The van der Waals surface area contributed by atoms with Crippen LogP contribution in [-0.2, 0) is 11.3 Å². The molecule has 4 rings (SSSR count). The van der Waals surface area contributed by atoms with E-state index in [2.05, 4.69) is 21.2 Å². The van der Waals surface area contributed by atoms with Crippen LogP contribution in [0.2, 0.25) is 0 Å². The molecule has 33 heavy (non-hydrogen) atoms. The Labute approximate surface area is 197 Å². The first-order chi connectivity index (χ1) is 15.9. The normalized spacial score (nSPS) is 10.8. The SMILES string of the molecule is COc1ccc(NC(=O)Cn2c(=O)n(-c3ccccc3)c(=O)c3cc(Br)ccc32)cc1OC. The zero-order valence-corrected chi connectivity index (χ0v) is 19.5. The molecule has 0 unspecified atom stereocenters. The minimum Gasteiger partial charge on any atom is -0.493 e. The second kappa shape index (κ2) is 9.33. The van der Waals surface area contributed by atoms with Gasteiger partial charge < -0.3 is 14.8 Å². The second-order valence-corrected chi connectivity index (χ2v) is 8.04. The molecule has 4 aromatic rings. The lowest BCUT2D eigenvalue weighted by atomic mass is 10.2. The molecule has 1 amide bonds. The maximum atomic E-state index is 13.4. The van der Waals surface area contributed by atoms with Crippen molar-refractivity contribution >= 4 is 38.4 Å². The third-order valence-electron chi connectivity index (χ3n) is 5.09. The largest absolute Gasteiger partial charge is 0.493 e. The van der Waals surface area contributed by atoms with Crippen LogP contribution in [0.3, 0.4) is 0 Å². The smallest absolute Gasteiger partial charge is 0.336 e. The molecule has 0 aliphatic heterocycles. The molecule has 3 aromatic carbocycles. The molecule has 0 saturated heterocycles. The van der Waals surface area contributed by atoms with Gasteiger partial charge in [-0.05, 0) is 42.5 Å². The molecule has 0 aliphatic carbocycles. The van der Waals surface area contributed by atoms with E-state index in [1.165, 1.54) is 18.8 Å². The molecule has 0 spiro atoms. The van der Waals surface area contributed by atoms with Crippen LogP contribution < -0.4 is 26.0 Å². The van der Waals surface area contributed by atoms with Gasteiger partial charge in [0.1, 0.15) is 6.54 Å². The number of carbonyl (C=O) groups is 1. The van der Waals surface area contributed by atoms with Gasteiger partial charge in [0, 0.05) is 16.2 Å². The molecular formula is C24H20BrN3O5. The number of methoxy groups -OCH3 is 2. The lowest BCUT2D eigenvalue weighted by Crippen LogP contribution is -2.40. The van der Waals surface area contributed by atoms with Gasteiger partial charge in [-0.3, -0.25) is 14.2 Å². The lowest BCUT2D eigenvalue weighted by Gasteiger charge is -2.15. The van der Waals surface area contributed by atoms with Gasteiger partial charge in [0.2, 0.25) is 5.91 Å². The van der Waals surface area contributed by atoms with Crippen LogP contribution in [0.25, 0.3) is 16.6 Å². The first kappa shape index (κ1) is 22.3. The van der Waals surface area contributed by atoms with Crippen LogP contribution in [0, 0.1) is 0 Å². The van der Waals surface area contributed by atoms with E-state index in [9.17, 15) is 14.4 Å². The number of fused-ring (bicyclic) bond motifs is 1. The van der Waals surface area contributed by atoms with E-state index in [1.54, 1.807) is 66.7 Å². The minimum absolute atomic E-state index is 0.293. The van der Waals surface area contributed by atoms with Crippen molar-refractivity contribution in [1.29, 1.82) is 0 Å². The lowest BCUT2D eigenvalue weighted by molar-refractivity contribution is -0.116. The van der Waals surface area contributed by atoms with Crippen molar-refractivity contribution in [2.45, 2.75) is 6.54 Å². The molecule has 0 bridgehead atoms. The average molecular weight is 510 g/mol. The number of benzene rings is 3. The fourth-order valence-electron chi connectivity index (χ4n) is 3.56. The highest BCUT2D eigenvalue weighted by Gasteiger charge is 2.17. The van der Waals surface area contributed by atoms with Crippen molar-refractivity contribution < 1.29 is 14.3 Å². The maximum Gasteiger partial charge on any atom is 0.336 e. The standard InChI is InChI=1S/C24H20BrN3O5/c1-32-20-11-9-16(13-21(20)33-2)26-22(29)14-27-19-10-8-15(25)12-18(19)23(30)28(24(27)31)17-6-4-3-5-7-17/h3-13H,14H2,1-2H3,(H,26,29). The quantitative estimate of drug-likeness (QED) is 0.429. The van der Waals surface area contributed by atoms with Crippen LogP contribution in [0.15, 0.2) is 80.8 Å². The molecule has 0 saturated carbocycles. The number of hydrogen-bond acceptors (Lipinski definition) is 5. The van der Waals surface area contributed by atoms with Gasteiger partial charge in [0.25, 0.3) is 5.56 Å². The Balaban J connectivity index is 1.78.